The lowest BCUT2D eigenvalue weighted by Gasteiger charge is -2.03. The molecule has 1 amide bonds. The van der Waals surface area contributed by atoms with Crippen molar-refractivity contribution in [3.05, 3.63) is 52.5 Å². The van der Waals surface area contributed by atoms with E-state index in [1.165, 1.54) is 21.8 Å². The molecule has 1 N–H and O–H groups in total. The highest BCUT2D eigenvalue weighted by molar-refractivity contribution is 7.99. The molecule has 0 saturated carbocycles. The Morgan fingerprint density at radius 3 is 2.75 bits per heavy atom. The fraction of sp³-hybridized carbons (Fsp3) is 0.222. The van der Waals surface area contributed by atoms with Gasteiger partial charge < -0.3 is 5.32 Å². The Kier molecular flexibility index (Phi) is 5.43. The van der Waals surface area contributed by atoms with Gasteiger partial charge in [0, 0.05) is 22.1 Å². The fourth-order valence-corrected chi connectivity index (χ4v) is 4.47. The van der Waals surface area contributed by atoms with Crippen LogP contribution in [0.25, 0.3) is 10.2 Å². The molecule has 1 aromatic heterocycles. The van der Waals surface area contributed by atoms with Gasteiger partial charge in [-0.1, -0.05) is 40.6 Å². The maximum Gasteiger partial charge on any atom is 0.226 e. The standard InChI is InChI=1S/C18H17ClN2OS2/c1-11-3-5-14(6-4-11)23-8-7-16(22)20-18-21-17-12(2)9-13(19)10-15(17)24-18/h3-6,9-10H,7-8H2,1-2H3,(H,20,21,22). The molecule has 0 bridgehead atoms. The summed E-state index contributed by atoms with van der Waals surface area (Å²) in [4.78, 5) is 17.8. The third-order valence-electron chi connectivity index (χ3n) is 3.52. The van der Waals surface area contributed by atoms with Crippen molar-refractivity contribution in [2.75, 3.05) is 11.1 Å². The largest absolute Gasteiger partial charge is 0.302 e. The van der Waals surface area contributed by atoms with Gasteiger partial charge in [0.25, 0.3) is 0 Å². The minimum absolute atomic E-state index is 0.0163. The van der Waals surface area contributed by atoms with Crippen molar-refractivity contribution < 1.29 is 4.79 Å². The van der Waals surface area contributed by atoms with E-state index in [9.17, 15) is 4.79 Å². The molecule has 0 spiro atoms. The van der Waals surface area contributed by atoms with E-state index in [1.807, 2.05) is 19.1 Å². The maximum absolute atomic E-state index is 12.1. The smallest absolute Gasteiger partial charge is 0.226 e. The number of hydrogen-bond acceptors (Lipinski definition) is 4. The Balaban J connectivity index is 1.57. The molecule has 2 aromatic carbocycles. The molecule has 0 aliphatic heterocycles. The number of benzene rings is 2. The van der Waals surface area contributed by atoms with E-state index in [2.05, 4.69) is 41.5 Å². The van der Waals surface area contributed by atoms with Gasteiger partial charge in [-0.3, -0.25) is 4.79 Å². The Labute approximate surface area is 154 Å². The van der Waals surface area contributed by atoms with Gasteiger partial charge in [0.05, 0.1) is 10.2 Å². The number of aryl methyl sites for hydroxylation is 2. The van der Waals surface area contributed by atoms with Gasteiger partial charge in [0.1, 0.15) is 0 Å². The van der Waals surface area contributed by atoms with Crippen LogP contribution in [0.5, 0.6) is 0 Å². The first-order chi connectivity index (χ1) is 11.5. The molecule has 1 heterocycles. The van der Waals surface area contributed by atoms with Crippen LogP contribution in [-0.2, 0) is 4.79 Å². The third kappa shape index (κ3) is 4.29. The average molecular weight is 377 g/mol. The molecule has 0 unspecified atom stereocenters. The number of carbonyl (C=O) groups excluding carboxylic acids is 1. The minimum atomic E-state index is -0.0163. The molecule has 6 heteroatoms. The molecule has 3 nitrogen and oxygen atoms in total. The van der Waals surface area contributed by atoms with Crippen molar-refractivity contribution in [2.45, 2.75) is 25.2 Å². The Hall–Kier alpha value is -1.56. The van der Waals surface area contributed by atoms with Crippen LogP contribution in [0.3, 0.4) is 0 Å². The summed E-state index contributed by atoms with van der Waals surface area (Å²) < 4.78 is 0.990. The molecule has 3 rings (SSSR count). The van der Waals surface area contributed by atoms with Gasteiger partial charge in [0.15, 0.2) is 5.13 Å². The summed E-state index contributed by atoms with van der Waals surface area (Å²) in [5, 5.41) is 4.20. The number of amides is 1. The number of hydrogen-bond donors (Lipinski definition) is 1. The highest BCUT2D eigenvalue weighted by Crippen LogP contribution is 2.31. The van der Waals surface area contributed by atoms with Crippen LogP contribution in [-0.4, -0.2) is 16.6 Å². The number of nitrogens with one attached hydrogen (secondary N) is 1. The number of aromatic nitrogens is 1. The lowest BCUT2D eigenvalue weighted by molar-refractivity contribution is -0.115. The van der Waals surface area contributed by atoms with Crippen LogP contribution in [0.2, 0.25) is 5.02 Å². The second-order valence-corrected chi connectivity index (χ2v) is 8.18. The lowest BCUT2D eigenvalue weighted by Crippen LogP contribution is -2.11. The van der Waals surface area contributed by atoms with Crippen LogP contribution in [0, 0.1) is 13.8 Å². The number of fused-ring (bicyclic) bond motifs is 1. The van der Waals surface area contributed by atoms with Gasteiger partial charge in [-0.25, -0.2) is 4.98 Å². The van der Waals surface area contributed by atoms with Gasteiger partial charge in [-0.15, -0.1) is 11.8 Å². The van der Waals surface area contributed by atoms with E-state index in [1.54, 1.807) is 11.8 Å². The van der Waals surface area contributed by atoms with Crippen LogP contribution < -0.4 is 5.32 Å². The number of thioether (sulfide) groups is 1. The highest BCUT2D eigenvalue weighted by Gasteiger charge is 2.10. The van der Waals surface area contributed by atoms with E-state index in [0.29, 0.717) is 16.6 Å². The molecule has 3 aromatic rings. The van der Waals surface area contributed by atoms with E-state index in [-0.39, 0.29) is 5.91 Å². The molecule has 0 aliphatic rings. The van der Waals surface area contributed by atoms with Crippen molar-refractivity contribution >= 4 is 56.0 Å². The van der Waals surface area contributed by atoms with Crippen LogP contribution >= 0.6 is 34.7 Å². The second-order valence-electron chi connectivity index (χ2n) is 5.55. The van der Waals surface area contributed by atoms with E-state index in [0.717, 1.165) is 21.5 Å². The van der Waals surface area contributed by atoms with Crippen LogP contribution in [0.15, 0.2) is 41.3 Å². The first-order valence-corrected chi connectivity index (χ1v) is 9.75. The molecule has 0 fully saturated rings. The first kappa shape index (κ1) is 17.3. The zero-order chi connectivity index (χ0) is 17.1. The van der Waals surface area contributed by atoms with Gasteiger partial charge in [-0.05, 0) is 43.7 Å². The third-order valence-corrected chi connectivity index (χ3v) is 5.67. The Morgan fingerprint density at radius 1 is 1.25 bits per heavy atom. The quantitative estimate of drug-likeness (QED) is 0.582. The summed E-state index contributed by atoms with van der Waals surface area (Å²) in [5.41, 5.74) is 3.15. The van der Waals surface area contributed by atoms with Crippen LogP contribution in [0.1, 0.15) is 17.5 Å². The van der Waals surface area contributed by atoms with Crippen molar-refractivity contribution in [1.82, 2.24) is 4.98 Å². The number of anilines is 1. The predicted octanol–water partition coefficient (Wildman–Crippen LogP) is 5.69. The molecule has 24 heavy (non-hydrogen) atoms. The van der Waals surface area contributed by atoms with Crippen molar-refractivity contribution in [2.24, 2.45) is 0 Å². The van der Waals surface area contributed by atoms with Gasteiger partial charge >= 0.3 is 0 Å². The second kappa shape index (κ2) is 7.55. The lowest BCUT2D eigenvalue weighted by atomic mass is 10.2. The van der Waals surface area contributed by atoms with E-state index >= 15 is 0 Å². The Bertz CT molecular complexity index is 875. The van der Waals surface area contributed by atoms with E-state index < -0.39 is 0 Å². The molecular weight excluding hydrogens is 360 g/mol. The topological polar surface area (TPSA) is 42.0 Å². The molecule has 0 atom stereocenters. The first-order valence-electron chi connectivity index (χ1n) is 7.57. The molecular formula is C18H17ClN2OS2. The zero-order valence-corrected chi connectivity index (χ0v) is 15.8. The Morgan fingerprint density at radius 2 is 2.00 bits per heavy atom. The van der Waals surface area contributed by atoms with Gasteiger partial charge in [-0.2, -0.15) is 0 Å². The van der Waals surface area contributed by atoms with Crippen molar-refractivity contribution in [1.29, 1.82) is 0 Å². The minimum Gasteiger partial charge on any atom is -0.302 e. The summed E-state index contributed by atoms with van der Waals surface area (Å²) in [5.74, 6) is 0.724. The summed E-state index contributed by atoms with van der Waals surface area (Å²) in [6.45, 7) is 4.03. The number of halogens is 1. The number of carbonyl (C=O) groups is 1. The number of thiazole rings is 1. The number of nitrogens with zero attached hydrogens (tertiary/aromatic N) is 1. The van der Waals surface area contributed by atoms with Crippen molar-refractivity contribution in [3.63, 3.8) is 0 Å². The highest BCUT2D eigenvalue weighted by atomic mass is 35.5. The summed E-state index contributed by atoms with van der Waals surface area (Å²) in [7, 11) is 0. The maximum atomic E-state index is 12.1. The normalized spacial score (nSPS) is 11.0. The monoisotopic (exact) mass is 376 g/mol. The molecule has 124 valence electrons. The predicted molar refractivity (Wildman–Crippen MR) is 105 cm³/mol. The summed E-state index contributed by atoms with van der Waals surface area (Å²) in [6, 6.07) is 12.1. The van der Waals surface area contributed by atoms with E-state index in [4.69, 9.17) is 11.6 Å². The molecule has 0 radical (unpaired) electrons. The summed E-state index contributed by atoms with van der Waals surface area (Å²) in [6.07, 6.45) is 0.453. The zero-order valence-electron chi connectivity index (χ0n) is 13.4. The van der Waals surface area contributed by atoms with Gasteiger partial charge in [0.2, 0.25) is 5.91 Å². The summed E-state index contributed by atoms with van der Waals surface area (Å²) >= 11 is 9.20. The van der Waals surface area contributed by atoms with Crippen LogP contribution in [0.4, 0.5) is 5.13 Å². The average Bonchev–Trinajstić information content (AvgIpc) is 2.92. The SMILES string of the molecule is Cc1ccc(SCCC(=O)Nc2nc3c(C)cc(Cl)cc3s2)cc1. The molecule has 0 aliphatic carbocycles. The fourth-order valence-electron chi connectivity index (χ4n) is 2.29. The number of rotatable bonds is 5. The van der Waals surface area contributed by atoms with Crippen molar-refractivity contribution in [3.8, 4) is 0 Å². The molecule has 0 saturated heterocycles.